The number of rotatable bonds is 4. The van der Waals surface area contributed by atoms with Gasteiger partial charge in [-0.05, 0) is 25.5 Å². The molecule has 1 heterocycles. The third kappa shape index (κ3) is 3.08. The van der Waals surface area contributed by atoms with Crippen molar-refractivity contribution in [1.29, 1.82) is 0 Å². The van der Waals surface area contributed by atoms with Gasteiger partial charge in [-0.1, -0.05) is 18.2 Å². The number of amides is 1. The van der Waals surface area contributed by atoms with Gasteiger partial charge in [0, 0.05) is 18.9 Å². The van der Waals surface area contributed by atoms with Crippen LogP contribution in [-0.4, -0.2) is 30.0 Å². The van der Waals surface area contributed by atoms with Crippen molar-refractivity contribution in [2.75, 3.05) is 13.2 Å². The summed E-state index contributed by atoms with van der Waals surface area (Å²) < 4.78 is 5.78. The lowest BCUT2D eigenvalue weighted by atomic mass is 10.1. The van der Waals surface area contributed by atoms with E-state index in [4.69, 9.17) is 11.2 Å². The molecule has 0 saturated carbocycles. The molecule has 0 aromatic heterocycles. The van der Waals surface area contributed by atoms with Crippen LogP contribution in [0.25, 0.3) is 0 Å². The van der Waals surface area contributed by atoms with Crippen molar-refractivity contribution in [3.05, 3.63) is 29.8 Å². The molecule has 1 aliphatic rings. The molecule has 0 bridgehead atoms. The first-order valence-electron chi connectivity index (χ1n) is 6.56. The van der Waals surface area contributed by atoms with Crippen LogP contribution in [-0.2, 0) is 4.79 Å². The third-order valence-corrected chi connectivity index (χ3v) is 3.50. The van der Waals surface area contributed by atoms with E-state index in [0.29, 0.717) is 19.6 Å². The third-order valence-electron chi connectivity index (χ3n) is 3.50. The van der Waals surface area contributed by atoms with Crippen molar-refractivity contribution in [3.63, 3.8) is 0 Å². The summed E-state index contributed by atoms with van der Waals surface area (Å²) in [5, 5.41) is 0. The Labute approximate surface area is 114 Å². The summed E-state index contributed by atoms with van der Waals surface area (Å²) in [5.41, 5.74) is 1.10. The van der Waals surface area contributed by atoms with E-state index in [1.807, 2.05) is 43.0 Å². The molecule has 0 radical (unpaired) electrons. The fourth-order valence-corrected chi connectivity index (χ4v) is 2.29. The van der Waals surface area contributed by atoms with Crippen LogP contribution in [0.5, 0.6) is 5.75 Å². The van der Waals surface area contributed by atoms with Crippen molar-refractivity contribution in [2.24, 2.45) is 5.92 Å². The number of terminal acetylenes is 1. The molecule has 0 N–H and O–H groups in total. The quantitative estimate of drug-likeness (QED) is 0.774. The summed E-state index contributed by atoms with van der Waals surface area (Å²) in [6, 6.07) is 7.92. The summed E-state index contributed by atoms with van der Waals surface area (Å²) in [4.78, 5) is 13.7. The van der Waals surface area contributed by atoms with Gasteiger partial charge < -0.3 is 9.64 Å². The van der Waals surface area contributed by atoms with Crippen LogP contribution in [0, 0.1) is 25.2 Å². The van der Waals surface area contributed by atoms with Crippen molar-refractivity contribution < 1.29 is 9.53 Å². The van der Waals surface area contributed by atoms with Gasteiger partial charge in [-0.25, -0.2) is 0 Å². The molecule has 1 aliphatic heterocycles. The number of hydrogen-bond acceptors (Lipinski definition) is 2. The van der Waals surface area contributed by atoms with Crippen LogP contribution in [0.2, 0.25) is 0 Å². The van der Waals surface area contributed by atoms with Crippen molar-refractivity contribution >= 4 is 5.91 Å². The van der Waals surface area contributed by atoms with E-state index in [-0.39, 0.29) is 17.9 Å². The highest BCUT2D eigenvalue weighted by Gasteiger charge is 2.31. The number of nitrogens with zero attached hydrogens (tertiary/aromatic N) is 1. The molecular formula is C16H19NO2. The van der Waals surface area contributed by atoms with Crippen LogP contribution >= 0.6 is 0 Å². The number of para-hydroxylation sites is 1. The maximum atomic E-state index is 11.8. The molecule has 1 saturated heterocycles. The SMILES string of the molecule is C#CC1CC(=O)N(C(C)COc2ccccc2C)C1. The van der Waals surface area contributed by atoms with Crippen LogP contribution in [0.15, 0.2) is 24.3 Å². The minimum absolute atomic E-state index is 0.0467. The molecule has 1 amide bonds. The molecule has 19 heavy (non-hydrogen) atoms. The lowest BCUT2D eigenvalue weighted by Crippen LogP contribution is -2.38. The summed E-state index contributed by atoms with van der Waals surface area (Å²) >= 11 is 0. The van der Waals surface area contributed by atoms with E-state index in [0.717, 1.165) is 11.3 Å². The Morgan fingerprint density at radius 3 is 2.89 bits per heavy atom. The topological polar surface area (TPSA) is 29.5 Å². The number of benzene rings is 1. The maximum Gasteiger partial charge on any atom is 0.224 e. The Morgan fingerprint density at radius 2 is 2.26 bits per heavy atom. The average molecular weight is 257 g/mol. The molecule has 0 spiro atoms. The minimum Gasteiger partial charge on any atom is -0.491 e. The number of carbonyl (C=O) groups excluding carboxylic acids is 1. The van der Waals surface area contributed by atoms with Crippen LogP contribution in [0.1, 0.15) is 18.9 Å². The summed E-state index contributed by atoms with van der Waals surface area (Å²) in [6.07, 6.45) is 5.85. The van der Waals surface area contributed by atoms with Gasteiger partial charge in [0.2, 0.25) is 5.91 Å². The monoisotopic (exact) mass is 257 g/mol. The molecule has 1 fully saturated rings. The summed E-state index contributed by atoms with van der Waals surface area (Å²) in [5.74, 6) is 3.71. The summed E-state index contributed by atoms with van der Waals surface area (Å²) in [6.45, 7) is 5.14. The highest BCUT2D eigenvalue weighted by molar-refractivity contribution is 5.79. The Hall–Kier alpha value is -1.95. The molecular weight excluding hydrogens is 238 g/mol. The number of likely N-dealkylation sites (tertiary alicyclic amines) is 1. The fraction of sp³-hybridized carbons (Fsp3) is 0.438. The van der Waals surface area contributed by atoms with Gasteiger partial charge >= 0.3 is 0 Å². The van der Waals surface area contributed by atoms with Crippen LogP contribution in [0.4, 0.5) is 0 Å². The zero-order chi connectivity index (χ0) is 13.8. The largest absolute Gasteiger partial charge is 0.491 e. The first kappa shape index (κ1) is 13.5. The number of aryl methyl sites for hydroxylation is 1. The van der Waals surface area contributed by atoms with E-state index in [1.54, 1.807) is 0 Å². The lowest BCUT2D eigenvalue weighted by molar-refractivity contribution is -0.129. The molecule has 2 unspecified atom stereocenters. The maximum absolute atomic E-state index is 11.8. The molecule has 0 aliphatic carbocycles. The van der Waals surface area contributed by atoms with Gasteiger partial charge in [0.15, 0.2) is 0 Å². The summed E-state index contributed by atoms with van der Waals surface area (Å²) in [7, 11) is 0. The van der Waals surface area contributed by atoms with Gasteiger partial charge in [-0.3, -0.25) is 4.79 Å². The zero-order valence-corrected chi connectivity index (χ0v) is 11.4. The smallest absolute Gasteiger partial charge is 0.224 e. The average Bonchev–Trinajstić information content (AvgIpc) is 2.79. The van der Waals surface area contributed by atoms with Gasteiger partial charge in [0.05, 0.1) is 6.04 Å². The Morgan fingerprint density at radius 1 is 1.53 bits per heavy atom. The van der Waals surface area contributed by atoms with Crippen molar-refractivity contribution in [2.45, 2.75) is 26.3 Å². The van der Waals surface area contributed by atoms with Crippen molar-refractivity contribution in [3.8, 4) is 18.1 Å². The van der Waals surface area contributed by atoms with E-state index >= 15 is 0 Å². The highest BCUT2D eigenvalue weighted by Crippen LogP contribution is 2.21. The van der Waals surface area contributed by atoms with Gasteiger partial charge in [-0.2, -0.15) is 0 Å². The highest BCUT2D eigenvalue weighted by atomic mass is 16.5. The second-order valence-electron chi connectivity index (χ2n) is 5.04. The van der Waals surface area contributed by atoms with Crippen molar-refractivity contribution in [1.82, 2.24) is 4.90 Å². The van der Waals surface area contributed by atoms with Gasteiger partial charge in [0.1, 0.15) is 12.4 Å². The Kier molecular flexibility index (Phi) is 4.11. The second kappa shape index (κ2) is 5.79. The standard InChI is InChI=1S/C16H19NO2/c1-4-14-9-16(18)17(10-14)13(3)11-19-15-8-6-5-7-12(15)2/h1,5-8,13-14H,9-11H2,2-3H3. The molecule has 2 atom stereocenters. The van der Waals surface area contributed by atoms with Crippen LogP contribution < -0.4 is 4.74 Å². The predicted molar refractivity (Wildman–Crippen MR) is 74.8 cm³/mol. The Balaban J connectivity index is 1.92. The number of carbonyl (C=O) groups is 1. The molecule has 3 nitrogen and oxygen atoms in total. The number of hydrogen-bond donors (Lipinski definition) is 0. The zero-order valence-electron chi connectivity index (χ0n) is 11.4. The minimum atomic E-state index is 0.0467. The van der Waals surface area contributed by atoms with Gasteiger partial charge in [-0.15, -0.1) is 12.3 Å². The molecule has 1 aromatic rings. The normalized spacial score (nSPS) is 20.2. The number of ether oxygens (including phenoxy) is 1. The predicted octanol–water partition coefficient (Wildman–Crippen LogP) is 2.24. The Bertz CT molecular complexity index is 504. The second-order valence-corrected chi connectivity index (χ2v) is 5.04. The first-order valence-corrected chi connectivity index (χ1v) is 6.56. The first-order chi connectivity index (χ1) is 9.11. The molecule has 1 aromatic carbocycles. The molecule has 2 rings (SSSR count). The lowest BCUT2D eigenvalue weighted by Gasteiger charge is -2.24. The van der Waals surface area contributed by atoms with E-state index in [2.05, 4.69) is 5.92 Å². The molecule has 3 heteroatoms. The van der Waals surface area contributed by atoms with E-state index in [1.165, 1.54) is 0 Å². The van der Waals surface area contributed by atoms with E-state index < -0.39 is 0 Å². The van der Waals surface area contributed by atoms with Crippen LogP contribution in [0.3, 0.4) is 0 Å². The molecule has 100 valence electrons. The van der Waals surface area contributed by atoms with E-state index in [9.17, 15) is 4.79 Å². The fourth-order valence-electron chi connectivity index (χ4n) is 2.29. The van der Waals surface area contributed by atoms with Gasteiger partial charge in [0.25, 0.3) is 0 Å².